The fourth-order valence-corrected chi connectivity index (χ4v) is 4.74. The summed E-state index contributed by atoms with van der Waals surface area (Å²) in [5, 5.41) is 2.78. The molecule has 0 saturated carbocycles. The van der Waals surface area contributed by atoms with E-state index in [4.69, 9.17) is 0 Å². The summed E-state index contributed by atoms with van der Waals surface area (Å²) < 4.78 is 26.4. The summed E-state index contributed by atoms with van der Waals surface area (Å²) in [5.74, 6) is -0.234. The van der Waals surface area contributed by atoms with Crippen LogP contribution in [0, 0.1) is 0 Å². The number of rotatable bonds is 5. The van der Waals surface area contributed by atoms with E-state index in [0.29, 0.717) is 16.8 Å². The van der Waals surface area contributed by atoms with Crippen LogP contribution in [0.5, 0.6) is 0 Å². The van der Waals surface area contributed by atoms with Crippen LogP contribution < -0.4 is 5.32 Å². The van der Waals surface area contributed by atoms with Crippen molar-refractivity contribution < 1.29 is 13.2 Å². The van der Waals surface area contributed by atoms with E-state index in [1.54, 1.807) is 20.0 Å². The fourth-order valence-electron chi connectivity index (χ4n) is 3.50. The second kappa shape index (κ2) is 8.16. The summed E-state index contributed by atoms with van der Waals surface area (Å²) in [4.78, 5) is 16.0. The number of carbonyl (C=O) groups is 1. The number of aryl methyl sites for hydroxylation is 2. The molecule has 2 aliphatic rings. The maximum absolute atomic E-state index is 12.5. The van der Waals surface area contributed by atoms with E-state index >= 15 is 0 Å². The zero-order valence-corrected chi connectivity index (χ0v) is 18.3. The van der Waals surface area contributed by atoms with Gasteiger partial charge in [-0.3, -0.25) is 4.79 Å². The van der Waals surface area contributed by atoms with Crippen LogP contribution in [0.4, 0.5) is 0 Å². The van der Waals surface area contributed by atoms with Gasteiger partial charge in [-0.1, -0.05) is 6.58 Å². The van der Waals surface area contributed by atoms with Crippen LogP contribution in [0.1, 0.15) is 50.6 Å². The average molecular weight is 416 g/mol. The van der Waals surface area contributed by atoms with E-state index in [-0.39, 0.29) is 16.9 Å². The zero-order chi connectivity index (χ0) is 21.3. The Morgan fingerprint density at radius 1 is 1.28 bits per heavy atom. The van der Waals surface area contributed by atoms with E-state index < -0.39 is 10.0 Å². The maximum Gasteiger partial charge on any atom is 0.256 e. The van der Waals surface area contributed by atoms with Gasteiger partial charge < -0.3 is 10.3 Å². The Morgan fingerprint density at radius 2 is 1.97 bits per heavy atom. The molecule has 2 heterocycles. The van der Waals surface area contributed by atoms with Crippen molar-refractivity contribution >= 4 is 22.0 Å². The third-order valence-corrected chi connectivity index (χ3v) is 7.71. The summed E-state index contributed by atoms with van der Waals surface area (Å²) in [6, 6.07) is 1.96. The minimum Gasteiger partial charge on any atom is -0.359 e. The van der Waals surface area contributed by atoms with Gasteiger partial charge in [0.15, 0.2) is 0 Å². The molecular weight excluding hydrogens is 386 g/mol. The Labute approximate surface area is 173 Å². The lowest BCUT2D eigenvalue weighted by Gasteiger charge is -2.21. The van der Waals surface area contributed by atoms with E-state index in [2.05, 4.69) is 22.9 Å². The molecule has 0 unspecified atom stereocenters. The number of hydrogen-bond acceptors (Lipinski definition) is 3. The van der Waals surface area contributed by atoms with Gasteiger partial charge in [0.05, 0.1) is 10.5 Å². The molecule has 3 rings (SSSR count). The highest BCUT2D eigenvalue weighted by atomic mass is 32.2. The number of allylic oxidation sites excluding steroid dienone is 4. The van der Waals surface area contributed by atoms with Crippen LogP contribution in [0.25, 0.3) is 6.08 Å². The van der Waals surface area contributed by atoms with Gasteiger partial charge >= 0.3 is 0 Å². The van der Waals surface area contributed by atoms with Crippen molar-refractivity contribution in [3.05, 3.63) is 63.5 Å². The van der Waals surface area contributed by atoms with E-state index in [1.807, 2.05) is 19.9 Å². The molecular formula is C22H29N3O3S. The number of nitrogens with zero attached hydrogens (tertiary/aromatic N) is 1. The first kappa shape index (κ1) is 21.3. The second-order valence-electron chi connectivity index (χ2n) is 7.90. The molecule has 1 amide bonds. The molecule has 7 heteroatoms. The lowest BCUT2D eigenvalue weighted by atomic mass is 9.98. The van der Waals surface area contributed by atoms with Crippen molar-refractivity contribution in [3.63, 3.8) is 0 Å². The van der Waals surface area contributed by atoms with Crippen molar-refractivity contribution in [1.82, 2.24) is 14.6 Å². The summed E-state index contributed by atoms with van der Waals surface area (Å²) in [7, 11) is -1.98. The molecule has 0 aromatic carbocycles. The standard InChI is InChI=1S/C22H29N3O3S/c1-14(2)25(5)29(27,28)15(3)10-11-20-16(4)19(22(26)24-20)13-18-12-17-8-6-7-9-21(17)23-18/h10-14,23H,4,6-9H2,1-3,5H3,(H,24,26)/b15-10+,19-13+,20-11+. The Hall–Kier alpha value is -2.38. The van der Waals surface area contributed by atoms with Gasteiger partial charge in [0.2, 0.25) is 10.0 Å². The van der Waals surface area contributed by atoms with Gasteiger partial charge in [0.25, 0.3) is 5.91 Å². The molecule has 1 aliphatic heterocycles. The molecule has 2 N–H and O–H groups in total. The Morgan fingerprint density at radius 3 is 2.62 bits per heavy atom. The molecule has 6 nitrogen and oxygen atoms in total. The first-order chi connectivity index (χ1) is 13.6. The fraction of sp³-hybridized carbons (Fsp3) is 0.409. The van der Waals surface area contributed by atoms with Crippen molar-refractivity contribution in [2.45, 2.75) is 52.5 Å². The van der Waals surface area contributed by atoms with E-state index in [0.717, 1.165) is 18.5 Å². The van der Waals surface area contributed by atoms with Gasteiger partial charge in [-0.05, 0) is 76.3 Å². The van der Waals surface area contributed by atoms with Gasteiger partial charge in [0.1, 0.15) is 0 Å². The van der Waals surface area contributed by atoms with Gasteiger partial charge in [-0.2, -0.15) is 4.31 Å². The molecule has 29 heavy (non-hydrogen) atoms. The molecule has 1 fully saturated rings. The summed E-state index contributed by atoms with van der Waals surface area (Å²) in [5.41, 5.74) is 5.03. The van der Waals surface area contributed by atoms with Crippen molar-refractivity contribution in [1.29, 1.82) is 0 Å². The molecule has 1 saturated heterocycles. The smallest absolute Gasteiger partial charge is 0.256 e. The molecule has 1 aromatic rings. The Balaban J connectivity index is 1.84. The second-order valence-corrected chi connectivity index (χ2v) is 10.1. The highest BCUT2D eigenvalue weighted by Gasteiger charge is 2.26. The molecule has 156 valence electrons. The number of aromatic amines is 1. The minimum atomic E-state index is -3.54. The molecule has 1 aromatic heterocycles. The predicted molar refractivity (Wildman–Crippen MR) is 116 cm³/mol. The number of nitrogens with one attached hydrogen (secondary N) is 2. The lowest BCUT2D eigenvalue weighted by Crippen LogP contribution is -2.33. The van der Waals surface area contributed by atoms with Gasteiger partial charge in [-0.25, -0.2) is 8.42 Å². The Bertz CT molecular complexity index is 1020. The normalized spacial score (nSPS) is 20.8. The number of aromatic nitrogens is 1. The van der Waals surface area contributed by atoms with E-state index in [1.165, 1.54) is 34.5 Å². The van der Waals surface area contributed by atoms with Crippen LogP contribution in [0.2, 0.25) is 0 Å². The first-order valence-electron chi connectivity index (χ1n) is 9.91. The van der Waals surface area contributed by atoms with Crippen LogP contribution >= 0.6 is 0 Å². The largest absolute Gasteiger partial charge is 0.359 e. The molecule has 0 bridgehead atoms. The van der Waals surface area contributed by atoms with Crippen LogP contribution in [-0.4, -0.2) is 36.7 Å². The maximum atomic E-state index is 12.5. The average Bonchev–Trinajstić information content (AvgIpc) is 3.20. The third-order valence-electron chi connectivity index (χ3n) is 5.58. The number of carbonyl (C=O) groups excluding carboxylic acids is 1. The molecule has 0 radical (unpaired) electrons. The quantitative estimate of drug-likeness (QED) is 0.723. The third kappa shape index (κ3) is 4.31. The van der Waals surface area contributed by atoms with Gasteiger partial charge in [0, 0.05) is 35.7 Å². The molecule has 1 aliphatic carbocycles. The monoisotopic (exact) mass is 415 g/mol. The predicted octanol–water partition coefficient (Wildman–Crippen LogP) is 3.42. The first-order valence-corrected chi connectivity index (χ1v) is 11.4. The van der Waals surface area contributed by atoms with Crippen molar-refractivity contribution in [2.24, 2.45) is 0 Å². The number of amides is 1. The lowest BCUT2D eigenvalue weighted by molar-refractivity contribution is -0.115. The zero-order valence-electron chi connectivity index (χ0n) is 17.5. The van der Waals surface area contributed by atoms with Crippen LogP contribution in [0.15, 0.2) is 46.5 Å². The Kier molecular flexibility index (Phi) is 6.00. The summed E-state index contributed by atoms with van der Waals surface area (Å²) >= 11 is 0. The van der Waals surface area contributed by atoms with Gasteiger partial charge in [-0.15, -0.1) is 0 Å². The summed E-state index contributed by atoms with van der Waals surface area (Å²) in [6.07, 6.45) is 9.41. The SMILES string of the molecule is C=C1/C(=C\C=C(/C)S(=O)(=O)N(C)C(C)C)NC(=O)/C1=C/c1cc2c([nH]1)CCCC2. The highest BCUT2D eigenvalue weighted by Crippen LogP contribution is 2.28. The minimum absolute atomic E-state index is 0.140. The highest BCUT2D eigenvalue weighted by molar-refractivity contribution is 7.93. The number of fused-ring (bicyclic) bond motifs is 1. The van der Waals surface area contributed by atoms with Crippen LogP contribution in [-0.2, 0) is 27.7 Å². The van der Waals surface area contributed by atoms with Crippen molar-refractivity contribution in [3.8, 4) is 0 Å². The van der Waals surface area contributed by atoms with Crippen molar-refractivity contribution in [2.75, 3.05) is 7.05 Å². The van der Waals surface area contributed by atoms with Crippen LogP contribution in [0.3, 0.4) is 0 Å². The van der Waals surface area contributed by atoms with E-state index in [9.17, 15) is 13.2 Å². The number of sulfonamides is 1. The molecule has 0 atom stereocenters. The topological polar surface area (TPSA) is 82.3 Å². The number of hydrogen-bond donors (Lipinski definition) is 2. The number of H-pyrrole nitrogens is 1. The summed E-state index contributed by atoms with van der Waals surface area (Å²) in [6.45, 7) is 9.21. The molecule has 0 spiro atoms.